The third kappa shape index (κ3) is 5.88. The number of aromatic amines is 1. The quantitative estimate of drug-likeness (QED) is 0.447. The molecule has 1 aromatic heterocycles. The molecule has 4 rings (SSSR count). The van der Waals surface area contributed by atoms with Crippen LogP contribution in [0.1, 0.15) is 10.5 Å². The Hall–Kier alpha value is -3.52. The summed E-state index contributed by atoms with van der Waals surface area (Å²) in [6, 6.07) is 15.3. The van der Waals surface area contributed by atoms with Gasteiger partial charge in [0.15, 0.2) is 0 Å². The number of methoxy groups -OCH3 is 1. The highest BCUT2D eigenvalue weighted by molar-refractivity contribution is 5.98. The standard InChI is InChI=1S/C26H31FN4O3/c1-33-21-8-9-22-20(18-21)19-23(29-22)26(32)28-11-4-5-12-30-13-15-31(16-14-30)24-6-2-3-7-25(24)34-17-10-27/h2-9,18-19,29H,10-17H2,1H3,(H,28,32)/b5-4+. The van der Waals surface area contributed by atoms with Gasteiger partial charge in [-0.25, -0.2) is 4.39 Å². The lowest BCUT2D eigenvalue weighted by Gasteiger charge is -2.36. The normalized spacial score (nSPS) is 14.6. The molecule has 1 saturated heterocycles. The average molecular weight is 467 g/mol. The van der Waals surface area contributed by atoms with E-state index in [9.17, 15) is 9.18 Å². The molecule has 34 heavy (non-hydrogen) atoms. The van der Waals surface area contributed by atoms with Crippen LogP contribution in [0.2, 0.25) is 0 Å². The molecule has 0 radical (unpaired) electrons. The molecular weight excluding hydrogens is 435 g/mol. The highest BCUT2D eigenvalue weighted by Crippen LogP contribution is 2.28. The van der Waals surface area contributed by atoms with Crippen molar-refractivity contribution in [1.82, 2.24) is 15.2 Å². The number of rotatable bonds is 10. The Morgan fingerprint density at radius 1 is 1.12 bits per heavy atom. The number of anilines is 1. The summed E-state index contributed by atoms with van der Waals surface area (Å²) < 4.78 is 23.3. The number of carbonyl (C=O) groups excluding carboxylic acids is 1. The van der Waals surface area contributed by atoms with Crippen LogP contribution in [0.4, 0.5) is 10.1 Å². The van der Waals surface area contributed by atoms with Crippen LogP contribution in [0, 0.1) is 0 Å². The number of alkyl halides is 1. The van der Waals surface area contributed by atoms with Crippen LogP contribution in [-0.4, -0.2) is 75.5 Å². The molecule has 2 N–H and O–H groups in total. The highest BCUT2D eigenvalue weighted by atomic mass is 19.1. The van der Waals surface area contributed by atoms with Crippen molar-refractivity contribution in [2.45, 2.75) is 0 Å². The minimum absolute atomic E-state index is 0.0767. The van der Waals surface area contributed by atoms with Crippen molar-refractivity contribution < 1.29 is 18.7 Å². The summed E-state index contributed by atoms with van der Waals surface area (Å²) in [4.78, 5) is 20.2. The molecule has 0 unspecified atom stereocenters. The van der Waals surface area contributed by atoms with Crippen LogP contribution in [0.5, 0.6) is 11.5 Å². The largest absolute Gasteiger partial charge is 0.497 e. The fraction of sp³-hybridized carbons (Fsp3) is 0.346. The van der Waals surface area contributed by atoms with Crippen LogP contribution in [0.15, 0.2) is 60.7 Å². The molecule has 0 atom stereocenters. The molecule has 180 valence electrons. The minimum atomic E-state index is -0.494. The monoisotopic (exact) mass is 466 g/mol. The number of hydrogen-bond donors (Lipinski definition) is 2. The molecule has 1 aliphatic rings. The van der Waals surface area contributed by atoms with Crippen LogP contribution in [0.3, 0.4) is 0 Å². The first-order chi connectivity index (χ1) is 16.7. The van der Waals surface area contributed by atoms with E-state index in [0.29, 0.717) is 12.2 Å². The number of nitrogens with one attached hydrogen (secondary N) is 2. The second kappa shape index (κ2) is 11.6. The minimum Gasteiger partial charge on any atom is -0.497 e. The number of fused-ring (bicyclic) bond motifs is 1. The number of para-hydroxylation sites is 2. The number of H-pyrrole nitrogens is 1. The summed E-state index contributed by atoms with van der Waals surface area (Å²) in [5.41, 5.74) is 2.45. The smallest absolute Gasteiger partial charge is 0.267 e. The van der Waals surface area contributed by atoms with E-state index in [1.54, 1.807) is 7.11 Å². The Bertz CT molecular complexity index is 1120. The maximum Gasteiger partial charge on any atom is 0.267 e. The molecule has 1 amide bonds. The summed E-state index contributed by atoms with van der Waals surface area (Å²) in [6.07, 6.45) is 4.07. The van der Waals surface area contributed by atoms with Gasteiger partial charge in [0.1, 0.15) is 30.5 Å². The summed E-state index contributed by atoms with van der Waals surface area (Å²) in [7, 11) is 1.62. The van der Waals surface area contributed by atoms with Gasteiger partial charge in [-0.15, -0.1) is 0 Å². The van der Waals surface area contributed by atoms with Gasteiger partial charge < -0.3 is 24.7 Å². The zero-order valence-corrected chi connectivity index (χ0v) is 19.4. The van der Waals surface area contributed by atoms with Crippen molar-refractivity contribution in [3.63, 3.8) is 0 Å². The van der Waals surface area contributed by atoms with E-state index in [2.05, 4.69) is 26.2 Å². The molecule has 0 bridgehead atoms. The molecule has 0 saturated carbocycles. The van der Waals surface area contributed by atoms with Crippen LogP contribution in [-0.2, 0) is 0 Å². The van der Waals surface area contributed by atoms with Gasteiger partial charge in [-0.2, -0.15) is 0 Å². The van der Waals surface area contributed by atoms with Crippen molar-refractivity contribution in [2.24, 2.45) is 0 Å². The first-order valence-corrected chi connectivity index (χ1v) is 11.5. The SMILES string of the molecule is COc1ccc2[nH]c(C(=O)NC/C=C/CN3CCN(c4ccccc4OCCF)CC3)cc2c1. The number of aromatic nitrogens is 1. The van der Waals surface area contributed by atoms with E-state index in [1.165, 1.54) is 0 Å². The summed E-state index contributed by atoms with van der Waals surface area (Å²) in [5, 5.41) is 3.86. The molecule has 0 aliphatic carbocycles. The van der Waals surface area contributed by atoms with Gasteiger partial charge in [-0.05, 0) is 36.4 Å². The fourth-order valence-corrected chi connectivity index (χ4v) is 4.07. The topological polar surface area (TPSA) is 69.8 Å². The Kier molecular flexibility index (Phi) is 8.04. The number of nitrogens with zero attached hydrogens (tertiary/aromatic N) is 2. The number of piperazine rings is 1. The van der Waals surface area contributed by atoms with E-state index in [1.807, 2.05) is 54.6 Å². The van der Waals surface area contributed by atoms with Gasteiger partial charge in [0.05, 0.1) is 12.8 Å². The van der Waals surface area contributed by atoms with Crippen LogP contribution >= 0.6 is 0 Å². The Morgan fingerprint density at radius 2 is 1.94 bits per heavy atom. The van der Waals surface area contributed by atoms with Crippen molar-refractivity contribution in [1.29, 1.82) is 0 Å². The molecule has 1 aliphatic heterocycles. The number of halogens is 1. The van der Waals surface area contributed by atoms with E-state index < -0.39 is 6.67 Å². The van der Waals surface area contributed by atoms with Gasteiger partial charge in [0.2, 0.25) is 0 Å². The molecule has 2 heterocycles. The third-order valence-electron chi connectivity index (χ3n) is 5.90. The van der Waals surface area contributed by atoms with Crippen molar-refractivity contribution in [3.05, 3.63) is 66.4 Å². The predicted molar refractivity (Wildman–Crippen MR) is 133 cm³/mol. The number of carbonyl (C=O) groups is 1. The van der Waals surface area contributed by atoms with E-state index in [0.717, 1.165) is 60.8 Å². The molecule has 3 aromatic rings. The number of amides is 1. The highest BCUT2D eigenvalue weighted by Gasteiger charge is 2.19. The van der Waals surface area contributed by atoms with Gasteiger partial charge in [0, 0.05) is 50.2 Å². The fourth-order valence-electron chi connectivity index (χ4n) is 4.07. The van der Waals surface area contributed by atoms with Crippen molar-refractivity contribution >= 4 is 22.5 Å². The first-order valence-electron chi connectivity index (χ1n) is 11.5. The van der Waals surface area contributed by atoms with E-state index in [-0.39, 0.29) is 12.5 Å². The Labute approximate surface area is 199 Å². The van der Waals surface area contributed by atoms with E-state index >= 15 is 0 Å². The number of ether oxygens (including phenoxy) is 2. The third-order valence-corrected chi connectivity index (χ3v) is 5.90. The maximum atomic E-state index is 12.5. The molecule has 1 fully saturated rings. The number of benzene rings is 2. The van der Waals surface area contributed by atoms with E-state index in [4.69, 9.17) is 9.47 Å². The van der Waals surface area contributed by atoms with Crippen LogP contribution < -0.4 is 19.7 Å². The molecule has 7 nitrogen and oxygen atoms in total. The zero-order valence-electron chi connectivity index (χ0n) is 19.4. The average Bonchev–Trinajstić information content (AvgIpc) is 3.31. The molecule has 2 aromatic carbocycles. The molecule has 8 heteroatoms. The lowest BCUT2D eigenvalue weighted by atomic mass is 10.2. The lowest BCUT2D eigenvalue weighted by molar-refractivity contribution is 0.0954. The lowest BCUT2D eigenvalue weighted by Crippen LogP contribution is -2.46. The Balaban J connectivity index is 1.20. The second-order valence-electron chi connectivity index (χ2n) is 8.11. The first kappa shape index (κ1) is 23.6. The number of hydrogen-bond acceptors (Lipinski definition) is 5. The summed E-state index contributed by atoms with van der Waals surface area (Å²) in [5.74, 6) is 1.36. The Morgan fingerprint density at radius 3 is 2.74 bits per heavy atom. The van der Waals surface area contributed by atoms with Gasteiger partial charge in [-0.1, -0.05) is 24.3 Å². The summed E-state index contributed by atoms with van der Waals surface area (Å²) in [6.45, 7) is 4.49. The van der Waals surface area contributed by atoms with Crippen LogP contribution in [0.25, 0.3) is 10.9 Å². The van der Waals surface area contributed by atoms with Crippen molar-refractivity contribution in [3.8, 4) is 11.5 Å². The van der Waals surface area contributed by atoms with Crippen molar-refractivity contribution in [2.75, 3.05) is 64.6 Å². The van der Waals surface area contributed by atoms with Gasteiger partial charge >= 0.3 is 0 Å². The molecular formula is C26H31FN4O3. The zero-order chi connectivity index (χ0) is 23.8. The van der Waals surface area contributed by atoms with Gasteiger partial charge in [0.25, 0.3) is 5.91 Å². The summed E-state index contributed by atoms with van der Waals surface area (Å²) >= 11 is 0. The maximum absolute atomic E-state index is 12.5. The second-order valence-corrected chi connectivity index (χ2v) is 8.11. The predicted octanol–water partition coefficient (Wildman–Crippen LogP) is 3.63. The van der Waals surface area contributed by atoms with Gasteiger partial charge in [-0.3, -0.25) is 9.69 Å². The molecule has 0 spiro atoms.